The topological polar surface area (TPSA) is 67.5 Å². The first-order valence-corrected chi connectivity index (χ1v) is 6.34. The summed E-state index contributed by atoms with van der Waals surface area (Å²) < 4.78 is 1.61. The molecule has 0 fully saturated rings. The molecule has 3 rings (SSSR count). The molecule has 0 spiro atoms. The Bertz CT molecular complexity index is 830. The molecule has 0 saturated heterocycles. The summed E-state index contributed by atoms with van der Waals surface area (Å²) in [6, 6.07) is 5.11. The minimum atomic E-state index is -1.12. The van der Waals surface area contributed by atoms with Crippen LogP contribution in [0.2, 0.25) is 10.0 Å². The van der Waals surface area contributed by atoms with Crippen molar-refractivity contribution in [2.24, 2.45) is 0 Å². The van der Waals surface area contributed by atoms with E-state index in [4.69, 9.17) is 28.3 Å². The highest BCUT2D eigenvalue weighted by Crippen LogP contribution is 2.28. The molecule has 0 bridgehead atoms. The van der Waals surface area contributed by atoms with Gasteiger partial charge in [0.25, 0.3) is 0 Å². The number of nitrogens with zero attached hydrogens (tertiary/aromatic N) is 3. The normalized spacial score (nSPS) is 10.9. The second-order valence-electron chi connectivity index (χ2n) is 4.07. The van der Waals surface area contributed by atoms with E-state index in [2.05, 4.69) is 9.97 Å². The summed E-state index contributed by atoms with van der Waals surface area (Å²) in [6.45, 7) is 0. The van der Waals surface area contributed by atoms with Gasteiger partial charge in [-0.3, -0.25) is 0 Å². The Kier molecular flexibility index (Phi) is 3.08. The molecule has 0 aliphatic rings. The van der Waals surface area contributed by atoms with E-state index in [1.165, 1.54) is 6.20 Å². The van der Waals surface area contributed by atoms with Gasteiger partial charge in [-0.25, -0.2) is 14.8 Å². The molecule has 100 valence electrons. The first-order valence-electron chi connectivity index (χ1n) is 5.58. The lowest BCUT2D eigenvalue weighted by Crippen LogP contribution is -2.03. The standard InChI is InChI=1S/C13H7Cl2N3O2/c14-8-2-1-7(5-9(8)15)10-6-18-4-3-16-11(13(19)20)12(18)17-10/h1-6H,(H,19,20). The van der Waals surface area contributed by atoms with Crippen LogP contribution in [0.5, 0.6) is 0 Å². The molecule has 2 aromatic heterocycles. The number of hydrogen-bond acceptors (Lipinski definition) is 3. The number of hydrogen-bond donors (Lipinski definition) is 1. The molecule has 3 aromatic rings. The van der Waals surface area contributed by atoms with Crippen molar-refractivity contribution in [2.45, 2.75) is 0 Å². The van der Waals surface area contributed by atoms with E-state index in [0.717, 1.165) is 5.56 Å². The van der Waals surface area contributed by atoms with Gasteiger partial charge in [0.05, 0.1) is 15.7 Å². The van der Waals surface area contributed by atoms with E-state index in [-0.39, 0.29) is 11.3 Å². The molecule has 1 N–H and O–H groups in total. The second kappa shape index (κ2) is 4.77. The van der Waals surface area contributed by atoms with E-state index in [1.54, 1.807) is 35.0 Å². The van der Waals surface area contributed by atoms with Gasteiger partial charge in [-0.05, 0) is 12.1 Å². The SMILES string of the molecule is O=C(O)c1nccn2cc(-c3ccc(Cl)c(Cl)c3)nc12. The molecule has 5 nitrogen and oxygen atoms in total. The number of halogens is 2. The molecule has 0 saturated carbocycles. The zero-order valence-corrected chi connectivity index (χ0v) is 11.4. The summed E-state index contributed by atoms with van der Waals surface area (Å²) in [5, 5.41) is 9.95. The molecular formula is C13H7Cl2N3O2. The van der Waals surface area contributed by atoms with Gasteiger partial charge in [0.2, 0.25) is 0 Å². The van der Waals surface area contributed by atoms with Crippen LogP contribution in [0.3, 0.4) is 0 Å². The fourth-order valence-corrected chi connectivity index (χ4v) is 2.16. The first-order chi connectivity index (χ1) is 9.56. The molecule has 0 aliphatic carbocycles. The average Bonchev–Trinajstić information content (AvgIpc) is 2.85. The number of fused-ring (bicyclic) bond motifs is 1. The van der Waals surface area contributed by atoms with Crippen molar-refractivity contribution in [3.63, 3.8) is 0 Å². The van der Waals surface area contributed by atoms with Crippen LogP contribution in [0.15, 0.2) is 36.8 Å². The molecule has 0 unspecified atom stereocenters. The van der Waals surface area contributed by atoms with Crippen LogP contribution in [0, 0.1) is 0 Å². The number of carboxylic acids is 1. The molecule has 0 amide bonds. The molecular weight excluding hydrogens is 301 g/mol. The van der Waals surface area contributed by atoms with Crippen LogP contribution in [-0.2, 0) is 0 Å². The predicted molar refractivity (Wildman–Crippen MR) is 75.4 cm³/mol. The third kappa shape index (κ3) is 2.11. The van der Waals surface area contributed by atoms with Crippen molar-refractivity contribution < 1.29 is 9.90 Å². The number of carbonyl (C=O) groups is 1. The van der Waals surface area contributed by atoms with E-state index in [1.807, 2.05) is 0 Å². The number of rotatable bonds is 2. The molecule has 0 atom stereocenters. The maximum Gasteiger partial charge on any atom is 0.358 e. The highest BCUT2D eigenvalue weighted by atomic mass is 35.5. The number of benzene rings is 1. The summed E-state index contributed by atoms with van der Waals surface area (Å²) in [6.07, 6.45) is 4.76. The molecule has 20 heavy (non-hydrogen) atoms. The Morgan fingerprint density at radius 3 is 2.75 bits per heavy atom. The quantitative estimate of drug-likeness (QED) is 0.788. The number of aromatic nitrogens is 3. The number of aromatic carboxylic acids is 1. The molecule has 1 aromatic carbocycles. The summed E-state index contributed by atoms with van der Waals surface area (Å²) in [5.41, 5.74) is 1.53. The van der Waals surface area contributed by atoms with E-state index >= 15 is 0 Å². The van der Waals surface area contributed by atoms with Crippen LogP contribution in [-0.4, -0.2) is 25.4 Å². The smallest absolute Gasteiger partial charge is 0.358 e. The molecule has 7 heteroatoms. The minimum absolute atomic E-state index is 0.0983. The van der Waals surface area contributed by atoms with Gasteiger partial charge in [-0.2, -0.15) is 0 Å². The summed E-state index contributed by atoms with van der Waals surface area (Å²) >= 11 is 11.8. The van der Waals surface area contributed by atoms with E-state index < -0.39 is 5.97 Å². The van der Waals surface area contributed by atoms with Gasteiger partial charge >= 0.3 is 5.97 Å². The zero-order valence-electron chi connectivity index (χ0n) is 9.92. The predicted octanol–water partition coefficient (Wildman–Crippen LogP) is 3.40. The van der Waals surface area contributed by atoms with Gasteiger partial charge < -0.3 is 9.51 Å². The van der Waals surface area contributed by atoms with Crippen LogP contribution in [0.25, 0.3) is 16.9 Å². The number of carboxylic acid groups (broad SMARTS) is 1. The Hall–Kier alpha value is -2.11. The summed E-state index contributed by atoms with van der Waals surface area (Å²) in [7, 11) is 0. The fourth-order valence-electron chi connectivity index (χ4n) is 1.87. The van der Waals surface area contributed by atoms with Crippen LogP contribution in [0.4, 0.5) is 0 Å². The molecule has 2 heterocycles. The molecule has 0 radical (unpaired) electrons. The van der Waals surface area contributed by atoms with Crippen molar-refractivity contribution in [3.8, 4) is 11.3 Å². The van der Waals surface area contributed by atoms with E-state index in [9.17, 15) is 4.79 Å². The maximum atomic E-state index is 11.1. The zero-order chi connectivity index (χ0) is 14.3. The highest BCUT2D eigenvalue weighted by molar-refractivity contribution is 6.42. The van der Waals surface area contributed by atoms with Gasteiger partial charge in [0.1, 0.15) is 0 Å². The van der Waals surface area contributed by atoms with Crippen LogP contribution < -0.4 is 0 Å². The lowest BCUT2D eigenvalue weighted by molar-refractivity contribution is 0.0692. The Morgan fingerprint density at radius 1 is 1.25 bits per heavy atom. The maximum absolute atomic E-state index is 11.1. The van der Waals surface area contributed by atoms with Crippen molar-refractivity contribution in [3.05, 3.63) is 52.5 Å². The summed E-state index contributed by atoms with van der Waals surface area (Å²) in [5.74, 6) is -1.12. The van der Waals surface area contributed by atoms with Crippen molar-refractivity contribution in [2.75, 3.05) is 0 Å². The van der Waals surface area contributed by atoms with Crippen LogP contribution >= 0.6 is 23.2 Å². The van der Waals surface area contributed by atoms with Crippen LogP contribution in [0.1, 0.15) is 10.5 Å². The van der Waals surface area contributed by atoms with Gasteiger partial charge in [0.15, 0.2) is 11.3 Å². The number of imidazole rings is 1. The fraction of sp³-hybridized carbons (Fsp3) is 0. The average molecular weight is 308 g/mol. The largest absolute Gasteiger partial charge is 0.476 e. The Balaban J connectivity index is 2.20. The lowest BCUT2D eigenvalue weighted by Gasteiger charge is -1.98. The third-order valence-corrected chi connectivity index (χ3v) is 3.53. The highest BCUT2D eigenvalue weighted by Gasteiger charge is 2.14. The minimum Gasteiger partial charge on any atom is -0.476 e. The van der Waals surface area contributed by atoms with Gasteiger partial charge in [0, 0.05) is 24.2 Å². The summed E-state index contributed by atoms with van der Waals surface area (Å²) in [4.78, 5) is 19.2. The molecule has 0 aliphatic heterocycles. The van der Waals surface area contributed by atoms with Crippen molar-refractivity contribution >= 4 is 34.8 Å². The Morgan fingerprint density at radius 2 is 2.05 bits per heavy atom. The van der Waals surface area contributed by atoms with E-state index in [0.29, 0.717) is 15.7 Å². The first kappa shape index (κ1) is 12.9. The van der Waals surface area contributed by atoms with Crippen molar-refractivity contribution in [1.82, 2.24) is 14.4 Å². The Labute approximate surface area is 123 Å². The van der Waals surface area contributed by atoms with Crippen molar-refractivity contribution in [1.29, 1.82) is 0 Å². The lowest BCUT2D eigenvalue weighted by atomic mass is 10.2. The third-order valence-electron chi connectivity index (χ3n) is 2.79. The monoisotopic (exact) mass is 307 g/mol. The second-order valence-corrected chi connectivity index (χ2v) is 4.88. The van der Waals surface area contributed by atoms with Gasteiger partial charge in [-0.1, -0.05) is 29.3 Å². The van der Waals surface area contributed by atoms with Gasteiger partial charge in [-0.15, -0.1) is 0 Å².